The molecule has 0 saturated heterocycles. The van der Waals surface area contributed by atoms with Crippen LogP contribution in [0.2, 0.25) is 0 Å². The molecule has 3 nitrogen and oxygen atoms in total. The number of nitrogens with zero attached hydrogens (tertiary/aromatic N) is 1. The summed E-state index contributed by atoms with van der Waals surface area (Å²) < 4.78 is 4.63. The molecule has 0 radical (unpaired) electrons. The molecule has 2 aromatic rings. The first-order valence-electron chi connectivity index (χ1n) is 4.29. The van der Waals surface area contributed by atoms with Crippen LogP contribution in [0.1, 0.15) is 5.69 Å². The fraction of sp³-hybridized carbons (Fsp3) is 0.0909. The van der Waals surface area contributed by atoms with Gasteiger partial charge in [0.1, 0.15) is 6.61 Å². The predicted octanol–water partition coefficient (Wildman–Crippen LogP) is 1.91. The minimum atomic E-state index is 0.230. The molecule has 1 heterocycles. The monoisotopic (exact) mass is 187 g/mol. The molecular weight excluding hydrogens is 178 g/mol. The van der Waals surface area contributed by atoms with Gasteiger partial charge in [-0.3, -0.25) is 9.78 Å². The van der Waals surface area contributed by atoms with E-state index >= 15 is 0 Å². The Labute approximate surface area is 81.3 Å². The summed E-state index contributed by atoms with van der Waals surface area (Å²) >= 11 is 0. The fourth-order valence-corrected chi connectivity index (χ4v) is 1.33. The van der Waals surface area contributed by atoms with Crippen molar-refractivity contribution in [3.05, 3.63) is 42.2 Å². The number of fused-ring (bicyclic) bond motifs is 1. The van der Waals surface area contributed by atoms with Crippen LogP contribution >= 0.6 is 0 Å². The largest absolute Gasteiger partial charge is 0.461 e. The normalized spacial score (nSPS) is 10.0. The van der Waals surface area contributed by atoms with E-state index in [4.69, 9.17) is 0 Å². The van der Waals surface area contributed by atoms with Crippen molar-refractivity contribution >= 4 is 17.2 Å². The molecule has 14 heavy (non-hydrogen) atoms. The zero-order valence-electron chi connectivity index (χ0n) is 7.51. The Bertz CT molecular complexity index is 454. The summed E-state index contributed by atoms with van der Waals surface area (Å²) in [6.07, 6.45) is 1.78. The number of ether oxygens (including phenoxy) is 1. The highest BCUT2D eigenvalue weighted by molar-refractivity contribution is 5.81. The highest BCUT2D eigenvalue weighted by Gasteiger charge is 1.96. The molecule has 0 aliphatic rings. The number of hydrogen-bond donors (Lipinski definition) is 0. The summed E-state index contributed by atoms with van der Waals surface area (Å²) in [5, 5.41) is 2.19. The Morgan fingerprint density at radius 1 is 1.29 bits per heavy atom. The van der Waals surface area contributed by atoms with Crippen LogP contribution in [0.3, 0.4) is 0 Å². The molecule has 2 rings (SSSR count). The lowest BCUT2D eigenvalue weighted by Crippen LogP contribution is -1.93. The molecule has 0 bridgehead atoms. The third kappa shape index (κ3) is 1.71. The summed E-state index contributed by atoms with van der Waals surface area (Å²) in [4.78, 5) is 14.2. The predicted molar refractivity (Wildman–Crippen MR) is 52.6 cm³/mol. The lowest BCUT2D eigenvalue weighted by molar-refractivity contribution is -0.129. The number of pyridine rings is 1. The van der Waals surface area contributed by atoms with Crippen molar-refractivity contribution in [3.63, 3.8) is 0 Å². The fourth-order valence-electron chi connectivity index (χ4n) is 1.33. The van der Waals surface area contributed by atoms with Crippen LogP contribution < -0.4 is 0 Å². The van der Waals surface area contributed by atoms with E-state index in [9.17, 15) is 4.79 Å². The Morgan fingerprint density at radius 3 is 2.86 bits per heavy atom. The smallest absolute Gasteiger partial charge is 0.293 e. The molecular formula is C11H9NO2. The third-order valence-electron chi connectivity index (χ3n) is 1.99. The summed E-state index contributed by atoms with van der Waals surface area (Å²) in [5.41, 5.74) is 0.760. The van der Waals surface area contributed by atoms with E-state index in [0.717, 1.165) is 16.5 Å². The molecule has 1 aromatic carbocycles. The van der Waals surface area contributed by atoms with E-state index in [-0.39, 0.29) is 6.61 Å². The average molecular weight is 187 g/mol. The summed E-state index contributed by atoms with van der Waals surface area (Å²) in [5.74, 6) is 0. The molecule has 0 saturated carbocycles. The summed E-state index contributed by atoms with van der Waals surface area (Å²) in [7, 11) is 0. The maximum absolute atomic E-state index is 9.99. The zero-order valence-corrected chi connectivity index (χ0v) is 7.51. The standard InChI is InChI=1S/C11H9NO2/c13-8-14-7-11-5-9-3-1-2-4-10(9)6-12-11/h1-6,8H,7H2. The van der Waals surface area contributed by atoms with Gasteiger partial charge in [0.2, 0.25) is 0 Å². The molecule has 70 valence electrons. The Balaban J connectivity index is 2.36. The van der Waals surface area contributed by atoms with E-state index < -0.39 is 0 Å². The Kier molecular flexibility index (Phi) is 2.40. The molecule has 0 spiro atoms. The molecule has 0 unspecified atom stereocenters. The van der Waals surface area contributed by atoms with E-state index in [2.05, 4.69) is 9.72 Å². The van der Waals surface area contributed by atoms with Gasteiger partial charge < -0.3 is 4.74 Å². The lowest BCUT2D eigenvalue weighted by Gasteiger charge is -2.00. The second-order valence-electron chi connectivity index (χ2n) is 2.93. The average Bonchev–Trinajstić information content (AvgIpc) is 2.26. The number of rotatable bonds is 3. The quantitative estimate of drug-likeness (QED) is 0.689. The van der Waals surface area contributed by atoms with Crippen molar-refractivity contribution in [2.24, 2.45) is 0 Å². The molecule has 0 aliphatic carbocycles. The summed E-state index contributed by atoms with van der Waals surface area (Å²) in [6.45, 7) is 0.658. The topological polar surface area (TPSA) is 39.2 Å². The van der Waals surface area contributed by atoms with Gasteiger partial charge in [0.05, 0.1) is 5.69 Å². The first-order valence-corrected chi connectivity index (χ1v) is 4.29. The van der Waals surface area contributed by atoms with Crippen molar-refractivity contribution in [1.82, 2.24) is 4.98 Å². The van der Waals surface area contributed by atoms with Crippen molar-refractivity contribution < 1.29 is 9.53 Å². The zero-order chi connectivity index (χ0) is 9.80. The van der Waals surface area contributed by atoms with E-state index in [1.807, 2.05) is 30.3 Å². The van der Waals surface area contributed by atoms with Crippen LogP contribution in [0.25, 0.3) is 10.8 Å². The third-order valence-corrected chi connectivity index (χ3v) is 1.99. The van der Waals surface area contributed by atoms with Crippen molar-refractivity contribution in [2.45, 2.75) is 6.61 Å². The molecule has 0 fully saturated rings. The number of aromatic nitrogens is 1. The van der Waals surface area contributed by atoms with Gasteiger partial charge in [-0.05, 0) is 11.5 Å². The van der Waals surface area contributed by atoms with Crippen LogP contribution in [-0.4, -0.2) is 11.5 Å². The number of carbonyl (C=O) groups is 1. The van der Waals surface area contributed by atoms with Crippen LogP contribution in [0, 0.1) is 0 Å². The Morgan fingerprint density at radius 2 is 2.07 bits per heavy atom. The van der Waals surface area contributed by atoms with Gasteiger partial charge in [0.15, 0.2) is 0 Å². The lowest BCUT2D eigenvalue weighted by atomic mass is 10.1. The van der Waals surface area contributed by atoms with Crippen molar-refractivity contribution in [1.29, 1.82) is 0 Å². The molecule has 0 amide bonds. The van der Waals surface area contributed by atoms with Gasteiger partial charge in [0.25, 0.3) is 6.47 Å². The minimum Gasteiger partial charge on any atom is -0.461 e. The van der Waals surface area contributed by atoms with Crippen molar-refractivity contribution in [2.75, 3.05) is 0 Å². The van der Waals surface area contributed by atoms with Crippen molar-refractivity contribution in [3.8, 4) is 0 Å². The van der Waals surface area contributed by atoms with Gasteiger partial charge >= 0.3 is 0 Å². The van der Waals surface area contributed by atoms with Crippen LogP contribution in [0.4, 0.5) is 0 Å². The summed E-state index contributed by atoms with van der Waals surface area (Å²) in [6, 6.07) is 9.84. The maximum Gasteiger partial charge on any atom is 0.293 e. The van der Waals surface area contributed by atoms with Gasteiger partial charge in [-0.15, -0.1) is 0 Å². The van der Waals surface area contributed by atoms with Gasteiger partial charge in [-0.25, -0.2) is 0 Å². The first kappa shape index (κ1) is 8.69. The highest BCUT2D eigenvalue weighted by Crippen LogP contribution is 2.13. The minimum absolute atomic E-state index is 0.230. The maximum atomic E-state index is 9.99. The molecule has 0 N–H and O–H groups in total. The molecule has 1 aromatic heterocycles. The van der Waals surface area contributed by atoms with Gasteiger partial charge in [-0.1, -0.05) is 24.3 Å². The van der Waals surface area contributed by atoms with Crippen LogP contribution in [-0.2, 0) is 16.1 Å². The second-order valence-corrected chi connectivity index (χ2v) is 2.93. The van der Waals surface area contributed by atoms with Crippen LogP contribution in [0.5, 0.6) is 0 Å². The SMILES string of the molecule is O=COCc1cc2ccccc2cn1. The van der Waals surface area contributed by atoms with E-state index in [1.165, 1.54) is 0 Å². The second kappa shape index (κ2) is 3.87. The highest BCUT2D eigenvalue weighted by atomic mass is 16.5. The first-order chi connectivity index (χ1) is 6.90. The number of carbonyl (C=O) groups excluding carboxylic acids is 1. The molecule has 0 aliphatic heterocycles. The Hall–Kier alpha value is -1.90. The van der Waals surface area contributed by atoms with Gasteiger partial charge in [0, 0.05) is 11.6 Å². The van der Waals surface area contributed by atoms with Gasteiger partial charge in [-0.2, -0.15) is 0 Å². The number of hydrogen-bond acceptors (Lipinski definition) is 3. The van der Waals surface area contributed by atoms with Crippen LogP contribution in [0.15, 0.2) is 36.5 Å². The molecule has 0 atom stereocenters. The van der Waals surface area contributed by atoms with E-state index in [0.29, 0.717) is 6.47 Å². The molecule has 3 heteroatoms. The number of benzene rings is 1. The van der Waals surface area contributed by atoms with E-state index in [1.54, 1.807) is 6.20 Å².